The zero-order valence-electron chi connectivity index (χ0n) is 17.3. The molecule has 2 heterocycles. The van der Waals surface area contributed by atoms with Gasteiger partial charge in [0.25, 0.3) is 5.56 Å². The van der Waals surface area contributed by atoms with Gasteiger partial charge < -0.3 is 10.2 Å². The number of anilines is 2. The van der Waals surface area contributed by atoms with E-state index in [1.54, 1.807) is 6.07 Å². The van der Waals surface area contributed by atoms with Crippen molar-refractivity contribution in [1.29, 1.82) is 0 Å². The van der Waals surface area contributed by atoms with Gasteiger partial charge in [-0.15, -0.1) is 5.10 Å². The standard InChI is InChI=1S/C23H20F4N4O2/c24-17-4-6-19(7-5-17)31-21(32)9-8-20(29-31)30-12-10-15(11-13-30)22(33)28-18-3-1-2-16(14-18)23(25,26)27/h1-9,14-15H,10-13H2,(H,28,33). The Hall–Kier alpha value is -3.69. The molecule has 0 bridgehead atoms. The molecule has 2 aromatic carbocycles. The van der Waals surface area contributed by atoms with Crippen LogP contribution in [-0.2, 0) is 11.0 Å². The fourth-order valence-electron chi connectivity index (χ4n) is 3.73. The van der Waals surface area contributed by atoms with Crippen molar-refractivity contribution >= 4 is 17.4 Å². The quantitative estimate of drug-likeness (QED) is 0.592. The lowest BCUT2D eigenvalue weighted by Gasteiger charge is -2.32. The number of amides is 1. The van der Waals surface area contributed by atoms with Crippen LogP contribution < -0.4 is 15.8 Å². The van der Waals surface area contributed by atoms with Crippen molar-refractivity contribution in [3.63, 3.8) is 0 Å². The smallest absolute Gasteiger partial charge is 0.355 e. The summed E-state index contributed by atoms with van der Waals surface area (Å²) in [6.07, 6.45) is -3.53. The summed E-state index contributed by atoms with van der Waals surface area (Å²) in [4.78, 5) is 26.7. The SMILES string of the molecule is O=C(Nc1cccc(C(F)(F)F)c1)C1CCN(c2ccc(=O)n(-c3ccc(F)cc3)n2)CC1. The third kappa shape index (κ3) is 5.21. The van der Waals surface area contributed by atoms with Crippen LogP contribution in [0.25, 0.3) is 5.69 Å². The third-order valence-electron chi connectivity index (χ3n) is 5.50. The predicted octanol–water partition coefficient (Wildman–Crippen LogP) is 4.25. The van der Waals surface area contributed by atoms with Crippen LogP contribution in [0.4, 0.5) is 29.1 Å². The maximum Gasteiger partial charge on any atom is 0.416 e. The first-order valence-electron chi connectivity index (χ1n) is 10.3. The molecule has 0 radical (unpaired) electrons. The highest BCUT2D eigenvalue weighted by molar-refractivity contribution is 5.92. The molecule has 1 aliphatic rings. The van der Waals surface area contributed by atoms with Gasteiger partial charge in [0.05, 0.1) is 11.3 Å². The molecule has 1 amide bonds. The molecule has 0 saturated carbocycles. The average Bonchev–Trinajstić information content (AvgIpc) is 2.80. The predicted molar refractivity (Wildman–Crippen MR) is 115 cm³/mol. The Morgan fingerprint density at radius 3 is 2.36 bits per heavy atom. The summed E-state index contributed by atoms with van der Waals surface area (Å²) in [6.45, 7) is 0.963. The van der Waals surface area contributed by atoms with Crippen LogP contribution in [0.5, 0.6) is 0 Å². The van der Waals surface area contributed by atoms with Gasteiger partial charge in [0.2, 0.25) is 5.91 Å². The van der Waals surface area contributed by atoms with Gasteiger partial charge >= 0.3 is 6.18 Å². The summed E-state index contributed by atoms with van der Waals surface area (Å²) in [5.41, 5.74) is -0.651. The monoisotopic (exact) mass is 460 g/mol. The minimum Gasteiger partial charge on any atom is -0.355 e. The van der Waals surface area contributed by atoms with Crippen LogP contribution in [0.15, 0.2) is 65.5 Å². The summed E-state index contributed by atoms with van der Waals surface area (Å²) in [5.74, 6) is -0.582. The molecule has 10 heteroatoms. The maximum absolute atomic E-state index is 13.2. The van der Waals surface area contributed by atoms with E-state index in [1.807, 2.05) is 4.90 Å². The van der Waals surface area contributed by atoms with E-state index in [1.165, 1.54) is 47.1 Å². The molecule has 1 aromatic heterocycles. The summed E-state index contributed by atoms with van der Waals surface area (Å²) >= 11 is 0. The Labute approximate surface area is 186 Å². The number of nitrogens with one attached hydrogen (secondary N) is 1. The van der Waals surface area contributed by atoms with E-state index >= 15 is 0 Å². The number of nitrogens with zero attached hydrogens (tertiary/aromatic N) is 3. The number of carbonyl (C=O) groups excluding carboxylic acids is 1. The van der Waals surface area contributed by atoms with Crippen LogP contribution in [0, 0.1) is 11.7 Å². The molecule has 1 fully saturated rings. The van der Waals surface area contributed by atoms with E-state index in [4.69, 9.17) is 0 Å². The van der Waals surface area contributed by atoms with Crippen molar-refractivity contribution in [2.45, 2.75) is 19.0 Å². The first kappa shape index (κ1) is 22.5. The number of alkyl halides is 3. The minimum absolute atomic E-state index is 0.102. The molecule has 6 nitrogen and oxygen atoms in total. The Kier molecular flexibility index (Phi) is 6.17. The highest BCUT2D eigenvalue weighted by Gasteiger charge is 2.31. The number of rotatable bonds is 4. The van der Waals surface area contributed by atoms with Crippen LogP contribution in [0.3, 0.4) is 0 Å². The van der Waals surface area contributed by atoms with Crippen LogP contribution in [0.1, 0.15) is 18.4 Å². The van der Waals surface area contributed by atoms with E-state index in [0.717, 1.165) is 12.1 Å². The molecule has 33 heavy (non-hydrogen) atoms. The molecule has 0 aliphatic carbocycles. The maximum atomic E-state index is 13.2. The van der Waals surface area contributed by atoms with Crippen LogP contribution >= 0.6 is 0 Å². The van der Waals surface area contributed by atoms with Crippen molar-refractivity contribution in [1.82, 2.24) is 9.78 Å². The second-order valence-electron chi connectivity index (χ2n) is 7.75. The van der Waals surface area contributed by atoms with E-state index in [-0.39, 0.29) is 23.1 Å². The van der Waals surface area contributed by atoms with Crippen molar-refractivity contribution in [3.8, 4) is 5.69 Å². The number of hydrogen-bond acceptors (Lipinski definition) is 4. The normalized spacial score (nSPS) is 14.8. The second kappa shape index (κ2) is 9.05. The molecule has 3 aromatic rings. The number of aromatic nitrogens is 2. The summed E-state index contributed by atoms with van der Waals surface area (Å²) in [5, 5.41) is 6.94. The largest absolute Gasteiger partial charge is 0.416 e. The van der Waals surface area contributed by atoms with Gasteiger partial charge in [0, 0.05) is 30.8 Å². The lowest BCUT2D eigenvalue weighted by molar-refractivity contribution is -0.137. The van der Waals surface area contributed by atoms with E-state index < -0.39 is 17.6 Å². The zero-order valence-corrected chi connectivity index (χ0v) is 17.3. The van der Waals surface area contributed by atoms with Gasteiger partial charge in [-0.25, -0.2) is 4.39 Å². The zero-order chi connectivity index (χ0) is 23.6. The van der Waals surface area contributed by atoms with Crippen molar-refractivity contribution in [3.05, 3.63) is 82.4 Å². The topological polar surface area (TPSA) is 67.2 Å². The highest BCUT2D eigenvalue weighted by atomic mass is 19.4. The molecule has 1 aliphatic heterocycles. The Morgan fingerprint density at radius 2 is 1.70 bits per heavy atom. The first-order valence-corrected chi connectivity index (χ1v) is 10.3. The lowest BCUT2D eigenvalue weighted by atomic mass is 9.95. The van der Waals surface area contributed by atoms with Gasteiger partial charge in [-0.3, -0.25) is 9.59 Å². The summed E-state index contributed by atoms with van der Waals surface area (Å²) in [7, 11) is 0. The second-order valence-corrected chi connectivity index (χ2v) is 7.75. The van der Waals surface area contributed by atoms with Crippen molar-refractivity contribution in [2.75, 3.05) is 23.3 Å². The van der Waals surface area contributed by atoms with Gasteiger partial charge in [-0.2, -0.15) is 17.9 Å². The average molecular weight is 460 g/mol. The minimum atomic E-state index is -4.48. The van der Waals surface area contributed by atoms with Crippen molar-refractivity contribution in [2.24, 2.45) is 5.92 Å². The molecule has 0 spiro atoms. The molecule has 4 rings (SSSR count). The molecular weight excluding hydrogens is 440 g/mol. The number of halogens is 4. The molecule has 172 valence electrons. The fourth-order valence-corrected chi connectivity index (χ4v) is 3.73. The van der Waals surface area contributed by atoms with E-state index in [9.17, 15) is 27.2 Å². The van der Waals surface area contributed by atoms with Gasteiger partial charge in [-0.05, 0) is 61.4 Å². The molecule has 0 atom stereocenters. The van der Waals surface area contributed by atoms with Gasteiger partial charge in [0.1, 0.15) is 11.6 Å². The molecule has 0 unspecified atom stereocenters. The highest BCUT2D eigenvalue weighted by Crippen LogP contribution is 2.31. The number of benzene rings is 2. The van der Waals surface area contributed by atoms with Crippen molar-refractivity contribution < 1.29 is 22.4 Å². The van der Waals surface area contributed by atoms with Crippen LogP contribution in [0.2, 0.25) is 0 Å². The Balaban J connectivity index is 1.41. The third-order valence-corrected chi connectivity index (χ3v) is 5.50. The van der Waals surface area contributed by atoms with Gasteiger partial charge in [-0.1, -0.05) is 6.07 Å². The number of carbonyl (C=O) groups is 1. The van der Waals surface area contributed by atoms with E-state index in [0.29, 0.717) is 37.4 Å². The Morgan fingerprint density at radius 1 is 1.00 bits per heavy atom. The number of hydrogen-bond donors (Lipinski definition) is 1. The molecular formula is C23H20F4N4O2. The summed E-state index contributed by atoms with van der Waals surface area (Å²) < 4.78 is 53.0. The van der Waals surface area contributed by atoms with Gasteiger partial charge in [0.15, 0.2) is 0 Å². The number of piperidine rings is 1. The first-order chi connectivity index (χ1) is 15.7. The van der Waals surface area contributed by atoms with E-state index in [2.05, 4.69) is 10.4 Å². The summed E-state index contributed by atoms with van der Waals surface area (Å²) in [6, 6.07) is 12.9. The lowest BCUT2D eigenvalue weighted by Crippen LogP contribution is -2.39. The fraction of sp³-hybridized carbons (Fsp3) is 0.261. The van der Waals surface area contributed by atoms with Crippen LogP contribution in [-0.4, -0.2) is 28.8 Å². The Bertz CT molecular complexity index is 1200. The molecule has 1 N–H and O–H groups in total. The molecule has 1 saturated heterocycles.